The van der Waals surface area contributed by atoms with Gasteiger partial charge in [-0.2, -0.15) is 0 Å². The number of nitrogens with one attached hydrogen (secondary N) is 3. The Labute approximate surface area is 468 Å². The molecule has 0 aliphatic heterocycles. The highest BCUT2D eigenvalue weighted by Crippen LogP contribution is 2.38. The van der Waals surface area contributed by atoms with Crippen molar-refractivity contribution in [3.05, 3.63) is 161 Å². The van der Waals surface area contributed by atoms with Gasteiger partial charge in [-0.15, -0.1) is 0 Å². The summed E-state index contributed by atoms with van der Waals surface area (Å²) in [6, 6.07) is 14.8. The van der Waals surface area contributed by atoms with Gasteiger partial charge in [-0.25, -0.2) is 76.0 Å². The van der Waals surface area contributed by atoms with Crippen molar-refractivity contribution >= 4 is 59.4 Å². The van der Waals surface area contributed by atoms with Crippen molar-refractivity contribution in [2.75, 3.05) is 10.6 Å². The van der Waals surface area contributed by atoms with Crippen molar-refractivity contribution < 1.29 is 48.0 Å². The summed E-state index contributed by atoms with van der Waals surface area (Å²) in [7, 11) is -6.82. The number of aromatic nitrogens is 8. The first-order valence-electron chi connectivity index (χ1n) is 26.3. The fourth-order valence-electron chi connectivity index (χ4n) is 10.4. The third kappa shape index (κ3) is 11.5. The maximum Gasteiger partial charge on any atom is 0.271 e. The predicted octanol–water partition coefficient (Wildman–Crippen LogP) is 10.3. The number of amides is 1. The van der Waals surface area contributed by atoms with E-state index in [-0.39, 0.29) is 107 Å². The number of nitrogens with two attached hydrogens (primary N) is 1. The zero-order valence-corrected chi connectivity index (χ0v) is 46.6. The highest BCUT2D eigenvalue weighted by molar-refractivity contribution is 7.90. The summed E-state index contributed by atoms with van der Waals surface area (Å²) < 4.78 is 147. The Balaban J connectivity index is 0.000000187. The Kier molecular flexibility index (Phi) is 15.8. The van der Waals surface area contributed by atoms with Crippen molar-refractivity contribution in [1.82, 2.24) is 42.7 Å². The first kappa shape index (κ1) is 57.1. The molecule has 0 bridgehead atoms. The minimum atomic E-state index is -4.32. The lowest BCUT2D eigenvalue weighted by Crippen LogP contribution is -2.42. The highest BCUT2D eigenvalue weighted by Gasteiger charge is 2.31. The molecule has 17 nitrogen and oxygen atoms in total. The number of carbonyl (C=O) groups excluding carboxylic acids is 1. The van der Waals surface area contributed by atoms with E-state index in [4.69, 9.17) is 5.73 Å². The number of rotatable bonds is 12. The molecule has 5 N–H and O–H groups in total. The highest BCUT2D eigenvalue weighted by atomic mass is 32.2. The summed E-state index contributed by atoms with van der Waals surface area (Å²) in [6.45, 7) is 6.48. The standard InChI is InChI=1S/C31H30F3N7O3S.C26H26F3N5O2S/c1-17-7-9-22(10-8-17)45(43,44)41-14-24(23-11-19(32)12-25(33)28(23)41)29-36-18(2)27(34)30(39-29)37-20-5-4-6-21(13-20)38-31(42)26-15-40(3)16-35-26;1-14-6-8-19(9-7-14)37(35,36)34-13-21(20-10-16(27)11-22(28)24(20)34)25-31-15(2)23(29)26(33-25)32-18-5-3-4-17(30)12-18/h7-12,14-16,20-21H,4-6,13H2,1-3H3,(H,38,42)(H,36,37,39);6-11,13,17-18H,3-5,12,30H2,1-2H3,(H,31,32,33)/t20-,21+;17-,18+/m01/s1. The summed E-state index contributed by atoms with van der Waals surface area (Å²) in [5.41, 5.74) is 7.32. The quantitative estimate of drug-likeness (QED) is 0.0836. The van der Waals surface area contributed by atoms with Crippen LogP contribution in [0, 0.1) is 62.6 Å². The smallest absolute Gasteiger partial charge is 0.271 e. The number of aryl methyl sites for hydroxylation is 5. The normalized spacial score (nSPS) is 17.6. The van der Waals surface area contributed by atoms with Crippen LogP contribution in [0.25, 0.3) is 44.6 Å². The van der Waals surface area contributed by atoms with E-state index in [1.54, 1.807) is 49.0 Å². The van der Waals surface area contributed by atoms with E-state index >= 15 is 17.6 Å². The third-order valence-corrected chi connectivity index (χ3v) is 17.9. The minimum absolute atomic E-state index is 0.00627. The first-order chi connectivity index (χ1) is 38.9. The molecule has 0 unspecified atom stereocenters. The molecule has 4 atom stereocenters. The molecule has 2 fully saturated rings. The monoisotopic (exact) mass is 1170 g/mol. The molecule has 2 aliphatic carbocycles. The van der Waals surface area contributed by atoms with Gasteiger partial charge in [-0.1, -0.05) is 35.4 Å². The summed E-state index contributed by atoms with van der Waals surface area (Å²) >= 11 is 0. The molecule has 25 heteroatoms. The second kappa shape index (κ2) is 22.6. The third-order valence-electron chi connectivity index (χ3n) is 14.6. The molecule has 0 spiro atoms. The van der Waals surface area contributed by atoms with Crippen LogP contribution in [0.3, 0.4) is 0 Å². The number of hydrogen-bond donors (Lipinski definition) is 4. The number of halogens is 6. The minimum Gasteiger partial charge on any atom is -0.365 e. The molecule has 5 heterocycles. The number of hydrogen-bond acceptors (Lipinski definition) is 13. The van der Waals surface area contributed by atoms with Gasteiger partial charge < -0.3 is 26.3 Å². The van der Waals surface area contributed by atoms with Crippen molar-refractivity contribution in [2.24, 2.45) is 12.8 Å². The molecule has 0 radical (unpaired) electrons. The second-order valence-corrected chi connectivity index (χ2v) is 24.5. The Morgan fingerprint density at radius 3 is 1.46 bits per heavy atom. The van der Waals surface area contributed by atoms with Gasteiger partial charge in [0.15, 0.2) is 46.6 Å². The van der Waals surface area contributed by atoms with Crippen LogP contribution in [0.1, 0.15) is 84.4 Å². The van der Waals surface area contributed by atoms with Gasteiger partial charge in [0.25, 0.3) is 26.0 Å². The number of nitrogens with zero attached hydrogens (tertiary/aromatic N) is 8. The van der Waals surface area contributed by atoms with Crippen molar-refractivity contribution in [3.63, 3.8) is 0 Å². The summed E-state index contributed by atoms with van der Waals surface area (Å²) in [6.07, 6.45) is 11.3. The number of fused-ring (bicyclic) bond motifs is 2. The van der Waals surface area contributed by atoms with Crippen LogP contribution in [0.2, 0.25) is 0 Å². The van der Waals surface area contributed by atoms with Gasteiger partial charge in [0.05, 0.1) is 27.5 Å². The molecule has 2 aliphatic rings. The zero-order chi connectivity index (χ0) is 58.5. The van der Waals surface area contributed by atoms with E-state index in [1.807, 2.05) is 6.92 Å². The summed E-state index contributed by atoms with van der Waals surface area (Å²) in [5, 5.41) is 9.05. The number of carbonyl (C=O) groups is 1. The Morgan fingerprint density at radius 2 is 1.02 bits per heavy atom. The molecule has 1 amide bonds. The average molecular weight is 1170 g/mol. The maximum absolute atomic E-state index is 15.4. The molecule has 9 aromatic rings. The van der Waals surface area contributed by atoms with Gasteiger partial charge in [0, 0.05) is 83.8 Å². The van der Waals surface area contributed by atoms with Crippen LogP contribution < -0.4 is 21.7 Å². The molecular formula is C57H56F6N12O5S2. The number of benzene rings is 4. The Bertz CT molecular complexity index is 4180. The topological polar surface area (TPSA) is 227 Å². The zero-order valence-electron chi connectivity index (χ0n) is 45.0. The van der Waals surface area contributed by atoms with Crippen LogP contribution in [0.5, 0.6) is 0 Å². The van der Waals surface area contributed by atoms with E-state index in [0.29, 0.717) is 37.1 Å². The lowest BCUT2D eigenvalue weighted by atomic mass is 9.91. The molecule has 82 heavy (non-hydrogen) atoms. The van der Waals surface area contributed by atoms with Crippen molar-refractivity contribution in [3.8, 4) is 22.8 Å². The first-order valence-corrected chi connectivity index (χ1v) is 29.1. The summed E-state index contributed by atoms with van der Waals surface area (Å²) in [4.78, 5) is 33.7. The van der Waals surface area contributed by atoms with Crippen molar-refractivity contribution in [2.45, 2.75) is 113 Å². The number of imidazole rings is 1. The molecule has 11 rings (SSSR count). The molecule has 428 valence electrons. The maximum atomic E-state index is 15.4. The molecule has 0 saturated heterocycles. The lowest BCUT2D eigenvalue weighted by molar-refractivity contribution is 0.0921. The van der Waals surface area contributed by atoms with Crippen LogP contribution in [-0.4, -0.2) is 84.3 Å². The summed E-state index contributed by atoms with van der Waals surface area (Å²) in [5.74, 6) is -6.04. The van der Waals surface area contributed by atoms with Gasteiger partial charge in [0.2, 0.25) is 0 Å². The van der Waals surface area contributed by atoms with Gasteiger partial charge in [-0.05, 0) is 115 Å². The number of anilines is 2. The molecule has 2 saturated carbocycles. The van der Waals surface area contributed by atoms with Crippen LogP contribution in [-0.2, 0) is 27.1 Å². The second-order valence-electron chi connectivity index (χ2n) is 20.8. The van der Waals surface area contributed by atoms with Crippen LogP contribution >= 0.6 is 0 Å². The Hall–Kier alpha value is -8.16. The van der Waals surface area contributed by atoms with Crippen LogP contribution in [0.4, 0.5) is 38.0 Å². The predicted molar refractivity (Wildman–Crippen MR) is 297 cm³/mol. The van der Waals surface area contributed by atoms with E-state index < -0.39 is 54.9 Å². The molecule has 4 aromatic carbocycles. The SMILES string of the molecule is Cc1ccc(S(=O)(=O)n2cc(-c3nc(C)c(F)c(N[C@H]4CCC[C@@H](N)C4)n3)c3cc(F)cc(F)c32)cc1.Cc1ccc(S(=O)(=O)n2cc(-c3nc(C)c(F)c(N[C@H]4CCC[C@@H](NC(=O)c5cn(C)cn5)C4)n3)c3cc(F)cc(F)c32)cc1. The fourth-order valence-corrected chi connectivity index (χ4v) is 13.2. The van der Waals surface area contributed by atoms with Gasteiger partial charge in [-0.3, -0.25) is 4.79 Å². The molecule has 5 aromatic heterocycles. The van der Waals surface area contributed by atoms with Gasteiger partial charge >= 0.3 is 0 Å². The van der Waals surface area contributed by atoms with E-state index in [9.17, 15) is 30.4 Å². The largest absolute Gasteiger partial charge is 0.365 e. The lowest BCUT2D eigenvalue weighted by Gasteiger charge is -2.30. The fraction of sp³-hybridized carbons (Fsp3) is 0.298. The van der Waals surface area contributed by atoms with E-state index in [0.717, 1.165) is 75.7 Å². The van der Waals surface area contributed by atoms with Gasteiger partial charge in [0.1, 0.15) is 28.4 Å². The Morgan fingerprint density at radius 1 is 0.585 bits per heavy atom. The van der Waals surface area contributed by atoms with Crippen LogP contribution in [0.15, 0.2) is 108 Å². The average Bonchev–Trinajstić information content (AvgIpc) is 3.47. The van der Waals surface area contributed by atoms with Crippen molar-refractivity contribution in [1.29, 1.82) is 0 Å². The molecular weight excluding hydrogens is 1110 g/mol. The van der Waals surface area contributed by atoms with E-state index in [2.05, 4.69) is 40.9 Å². The van der Waals surface area contributed by atoms with E-state index in [1.165, 1.54) is 44.4 Å².